The minimum atomic E-state index is 0.141. The highest BCUT2D eigenvalue weighted by atomic mass is 35.5. The van der Waals surface area contributed by atoms with Gasteiger partial charge < -0.3 is 15.3 Å². The maximum atomic E-state index is 9.35. The Kier molecular flexibility index (Phi) is 8.09. The summed E-state index contributed by atoms with van der Waals surface area (Å²) >= 11 is 6.51. The predicted octanol–water partition coefficient (Wildman–Crippen LogP) is 4.00. The van der Waals surface area contributed by atoms with Crippen molar-refractivity contribution in [3.8, 4) is 0 Å². The van der Waals surface area contributed by atoms with Crippen LogP contribution in [0.3, 0.4) is 0 Å². The molecule has 0 saturated carbocycles. The Hall–Kier alpha value is -0.770. The summed E-state index contributed by atoms with van der Waals surface area (Å²) in [6.07, 6.45) is 2.09. The third-order valence-electron chi connectivity index (χ3n) is 4.02. The molecule has 0 aliphatic rings. The van der Waals surface area contributed by atoms with E-state index in [2.05, 4.69) is 50.0 Å². The Morgan fingerprint density at radius 1 is 1.24 bits per heavy atom. The quantitative estimate of drug-likeness (QED) is 0.723. The van der Waals surface area contributed by atoms with E-state index < -0.39 is 0 Å². The zero-order chi connectivity index (χ0) is 15.8. The monoisotopic (exact) mass is 312 g/mol. The number of halogens is 1. The highest BCUT2D eigenvalue weighted by Crippen LogP contribution is 2.31. The smallest absolute Gasteiger partial charge is 0.0643 e. The van der Waals surface area contributed by atoms with Gasteiger partial charge in [0, 0.05) is 18.6 Å². The fourth-order valence-corrected chi connectivity index (χ4v) is 3.08. The molecule has 21 heavy (non-hydrogen) atoms. The molecule has 0 aliphatic heterocycles. The molecule has 1 unspecified atom stereocenters. The molecule has 0 bridgehead atoms. The van der Waals surface area contributed by atoms with Crippen LogP contribution in [0.4, 0.5) is 5.69 Å². The normalized spacial score (nSPS) is 12.7. The summed E-state index contributed by atoms with van der Waals surface area (Å²) in [5.74, 6) is 0. The molecule has 0 aromatic heterocycles. The fraction of sp³-hybridized carbons (Fsp3) is 0.647. The minimum absolute atomic E-state index is 0.141. The summed E-state index contributed by atoms with van der Waals surface area (Å²) in [6, 6.07) is 6.95. The van der Waals surface area contributed by atoms with Gasteiger partial charge in [-0.25, -0.2) is 0 Å². The first kappa shape index (κ1) is 18.3. The van der Waals surface area contributed by atoms with E-state index in [1.807, 2.05) is 6.07 Å². The molecule has 120 valence electrons. The maximum absolute atomic E-state index is 9.35. The third kappa shape index (κ3) is 4.87. The van der Waals surface area contributed by atoms with Gasteiger partial charge in [-0.2, -0.15) is 0 Å². The van der Waals surface area contributed by atoms with Gasteiger partial charge in [-0.15, -0.1) is 0 Å². The van der Waals surface area contributed by atoms with Crippen LogP contribution < -0.4 is 10.2 Å². The summed E-state index contributed by atoms with van der Waals surface area (Å²) in [7, 11) is 0. The molecule has 0 fully saturated rings. The van der Waals surface area contributed by atoms with Crippen LogP contribution >= 0.6 is 11.6 Å². The second kappa shape index (κ2) is 9.29. The van der Waals surface area contributed by atoms with Crippen molar-refractivity contribution in [2.75, 3.05) is 24.6 Å². The zero-order valence-electron chi connectivity index (χ0n) is 13.7. The number of nitrogens with zero attached hydrogens (tertiary/aromatic N) is 1. The number of aliphatic hydroxyl groups is 1. The molecule has 1 aromatic carbocycles. The van der Waals surface area contributed by atoms with Crippen LogP contribution in [-0.2, 0) is 0 Å². The van der Waals surface area contributed by atoms with E-state index in [0.717, 1.165) is 30.1 Å². The molecular formula is C17H29ClN2O. The van der Waals surface area contributed by atoms with Crippen molar-refractivity contribution in [2.24, 2.45) is 0 Å². The number of hydrogen-bond donors (Lipinski definition) is 2. The predicted molar refractivity (Wildman–Crippen MR) is 92.3 cm³/mol. The van der Waals surface area contributed by atoms with Gasteiger partial charge >= 0.3 is 0 Å². The van der Waals surface area contributed by atoms with Gasteiger partial charge in [0.05, 0.1) is 17.3 Å². The largest absolute Gasteiger partial charge is 0.395 e. The van der Waals surface area contributed by atoms with Gasteiger partial charge in [-0.3, -0.25) is 0 Å². The molecule has 0 radical (unpaired) electrons. The van der Waals surface area contributed by atoms with Crippen LogP contribution in [0, 0.1) is 0 Å². The minimum Gasteiger partial charge on any atom is -0.395 e. The summed E-state index contributed by atoms with van der Waals surface area (Å²) in [5, 5.41) is 13.5. The summed E-state index contributed by atoms with van der Waals surface area (Å²) in [5.41, 5.74) is 2.21. The van der Waals surface area contributed by atoms with Gasteiger partial charge in [0.15, 0.2) is 0 Å². The topological polar surface area (TPSA) is 35.5 Å². The number of hydrogen-bond acceptors (Lipinski definition) is 3. The van der Waals surface area contributed by atoms with Crippen molar-refractivity contribution in [3.05, 3.63) is 28.8 Å². The van der Waals surface area contributed by atoms with Crippen LogP contribution in [0.5, 0.6) is 0 Å². The number of nitrogens with one attached hydrogen (secondary N) is 1. The lowest BCUT2D eigenvalue weighted by Crippen LogP contribution is -2.37. The lowest BCUT2D eigenvalue weighted by molar-refractivity contribution is 0.296. The lowest BCUT2D eigenvalue weighted by Gasteiger charge is -2.33. The van der Waals surface area contributed by atoms with E-state index >= 15 is 0 Å². The first-order valence-corrected chi connectivity index (χ1v) is 8.37. The molecule has 3 nitrogen and oxygen atoms in total. The molecule has 4 heteroatoms. The Morgan fingerprint density at radius 2 is 1.90 bits per heavy atom. The van der Waals surface area contributed by atoms with Crippen LogP contribution in [0.15, 0.2) is 18.2 Å². The average Bonchev–Trinajstić information content (AvgIpc) is 2.48. The lowest BCUT2D eigenvalue weighted by atomic mass is 10.1. The van der Waals surface area contributed by atoms with Crippen molar-refractivity contribution in [3.63, 3.8) is 0 Å². The third-order valence-corrected chi connectivity index (χ3v) is 4.32. The van der Waals surface area contributed by atoms with Gasteiger partial charge in [0.25, 0.3) is 0 Å². The summed E-state index contributed by atoms with van der Waals surface area (Å²) in [6.45, 7) is 10.3. The van der Waals surface area contributed by atoms with Crippen molar-refractivity contribution >= 4 is 17.3 Å². The van der Waals surface area contributed by atoms with Crippen LogP contribution in [0.2, 0.25) is 5.02 Å². The first-order valence-electron chi connectivity index (χ1n) is 7.99. The molecule has 1 aromatic rings. The maximum Gasteiger partial charge on any atom is 0.0643 e. The van der Waals surface area contributed by atoms with E-state index in [4.69, 9.17) is 11.6 Å². The van der Waals surface area contributed by atoms with Crippen molar-refractivity contribution < 1.29 is 5.11 Å². The van der Waals surface area contributed by atoms with E-state index in [1.54, 1.807) is 0 Å². The molecule has 0 saturated heterocycles. The van der Waals surface area contributed by atoms with Gasteiger partial charge in [0.1, 0.15) is 0 Å². The van der Waals surface area contributed by atoms with E-state index in [9.17, 15) is 5.11 Å². The van der Waals surface area contributed by atoms with Crippen molar-refractivity contribution in [1.29, 1.82) is 0 Å². The number of rotatable bonds is 9. The molecule has 2 N–H and O–H groups in total. The Balaban J connectivity index is 3.04. The van der Waals surface area contributed by atoms with Crippen LogP contribution in [-0.4, -0.2) is 30.8 Å². The summed E-state index contributed by atoms with van der Waals surface area (Å²) < 4.78 is 0. The van der Waals surface area contributed by atoms with E-state index in [-0.39, 0.29) is 6.61 Å². The summed E-state index contributed by atoms with van der Waals surface area (Å²) in [4.78, 5) is 2.23. The molecule has 0 heterocycles. The Bertz CT molecular complexity index is 421. The van der Waals surface area contributed by atoms with Crippen molar-refractivity contribution in [1.82, 2.24) is 5.32 Å². The number of aliphatic hydroxyl groups excluding tert-OH is 1. The number of anilines is 1. The molecular weight excluding hydrogens is 284 g/mol. The highest BCUT2D eigenvalue weighted by Gasteiger charge is 2.18. The molecule has 0 aliphatic carbocycles. The van der Waals surface area contributed by atoms with Crippen LogP contribution in [0.25, 0.3) is 0 Å². The first-order chi connectivity index (χ1) is 10.1. The number of benzene rings is 1. The fourth-order valence-electron chi connectivity index (χ4n) is 2.79. The van der Waals surface area contributed by atoms with Gasteiger partial charge in [-0.1, -0.05) is 38.4 Å². The second-order valence-corrected chi connectivity index (χ2v) is 5.78. The van der Waals surface area contributed by atoms with Crippen molar-refractivity contribution in [2.45, 2.75) is 52.6 Å². The van der Waals surface area contributed by atoms with E-state index in [0.29, 0.717) is 18.6 Å². The second-order valence-electron chi connectivity index (χ2n) is 5.38. The van der Waals surface area contributed by atoms with Crippen LogP contribution in [0.1, 0.15) is 52.1 Å². The molecule has 1 rings (SSSR count). The molecule has 0 amide bonds. The Labute approximate surface area is 134 Å². The Morgan fingerprint density at radius 3 is 2.38 bits per heavy atom. The van der Waals surface area contributed by atoms with E-state index in [1.165, 1.54) is 5.56 Å². The zero-order valence-corrected chi connectivity index (χ0v) is 14.5. The van der Waals surface area contributed by atoms with Gasteiger partial charge in [0.2, 0.25) is 0 Å². The highest BCUT2D eigenvalue weighted by molar-refractivity contribution is 6.33. The molecule has 1 atom stereocenters. The average molecular weight is 313 g/mol. The van der Waals surface area contributed by atoms with Gasteiger partial charge in [-0.05, 0) is 44.0 Å². The standard InChI is InChI=1S/C17H29ClN2O/c1-5-15(6-2)20(10-11-21)17-9-8-14(12-16(17)18)13(4)19-7-3/h8-9,12-13,15,19,21H,5-7,10-11H2,1-4H3. The SMILES string of the molecule is CCNC(C)c1ccc(N(CCO)C(CC)CC)c(Cl)c1. The molecule has 0 spiro atoms.